The molecule has 0 saturated carbocycles. The van der Waals surface area contributed by atoms with Gasteiger partial charge in [-0.1, -0.05) is 21.1 Å². The number of halogens is 1. The van der Waals surface area contributed by atoms with Crippen molar-refractivity contribution in [3.63, 3.8) is 0 Å². The predicted molar refractivity (Wildman–Crippen MR) is 71.6 cm³/mol. The fourth-order valence-electron chi connectivity index (χ4n) is 1.69. The van der Waals surface area contributed by atoms with Gasteiger partial charge in [-0.2, -0.15) is 0 Å². The first kappa shape index (κ1) is 13.1. The molecule has 0 unspecified atom stereocenters. The van der Waals surface area contributed by atoms with Crippen molar-refractivity contribution >= 4 is 15.9 Å². The molecule has 1 heterocycles. The Morgan fingerprint density at radius 3 is 2.94 bits per heavy atom. The van der Waals surface area contributed by atoms with E-state index in [-0.39, 0.29) is 6.61 Å². The predicted octanol–water partition coefficient (Wildman–Crippen LogP) is 3.04. The molecular weight excluding hydrogens is 298 g/mol. The molecule has 2 rings (SSSR count). The number of hydrogen-bond donors (Lipinski definition) is 1. The van der Waals surface area contributed by atoms with Crippen molar-refractivity contribution < 1.29 is 14.4 Å². The summed E-state index contributed by atoms with van der Waals surface area (Å²) < 4.78 is 11.5. The molecule has 2 aromatic rings. The molecule has 0 fully saturated rings. The van der Waals surface area contributed by atoms with E-state index in [0.29, 0.717) is 12.8 Å². The lowest BCUT2D eigenvalue weighted by molar-refractivity contribution is 0.280. The maximum absolute atomic E-state index is 8.78. The Labute approximate surface area is 114 Å². The molecule has 18 heavy (non-hydrogen) atoms. The van der Waals surface area contributed by atoms with E-state index in [1.54, 1.807) is 7.11 Å². The topological polar surface area (TPSA) is 55.5 Å². The SMILES string of the molecule is COc1ccc(Br)cc1-c1cc(CCCO)on1. The van der Waals surface area contributed by atoms with Gasteiger partial charge in [-0.05, 0) is 24.6 Å². The van der Waals surface area contributed by atoms with Gasteiger partial charge >= 0.3 is 0 Å². The average molecular weight is 312 g/mol. The minimum atomic E-state index is 0.149. The summed E-state index contributed by atoms with van der Waals surface area (Å²) in [5.74, 6) is 1.52. The highest BCUT2D eigenvalue weighted by Gasteiger charge is 2.11. The van der Waals surface area contributed by atoms with Crippen molar-refractivity contribution in [1.82, 2.24) is 5.16 Å². The van der Waals surface area contributed by atoms with E-state index in [2.05, 4.69) is 21.1 Å². The number of nitrogens with zero attached hydrogens (tertiary/aromatic N) is 1. The van der Waals surface area contributed by atoms with Gasteiger partial charge in [0.1, 0.15) is 17.2 Å². The van der Waals surface area contributed by atoms with E-state index in [9.17, 15) is 0 Å². The molecule has 1 aromatic carbocycles. The van der Waals surface area contributed by atoms with Gasteiger partial charge in [0.25, 0.3) is 0 Å². The molecule has 5 heteroatoms. The minimum absolute atomic E-state index is 0.149. The van der Waals surface area contributed by atoms with E-state index in [1.807, 2.05) is 24.3 Å². The van der Waals surface area contributed by atoms with Gasteiger partial charge in [-0.25, -0.2) is 0 Å². The van der Waals surface area contributed by atoms with Gasteiger partial charge in [-0.15, -0.1) is 0 Å². The number of aliphatic hydroxyl groups is 1. The third-order valence-corrected chi connectivity index (χ3v) is 3.07. The number of ether oxygens (including phenoxy) is 1. The zero-order valence-corrected chi connectivity index (χ0v) is 11.6. The Bertz CT molecular complexity index is 525. The second-order valence-electron chi connectivity index (χ2n) is 3.85. The maximum Gasteiger partial charge on any atom is 0.137 e. The van der Waals surface area contributed by atoms with E-state index in [0.717, 1.165) is 27.2 Å². The summed E-state index contributed by atoms with van der Waals surface area (Å²) in [5, 5.41) is 12.8. The van der Waals surface area contributed by atoms with Gasteiger partial charge in [0.15, 0.2) is 0 Å². The lowest BCUT2D eigenvalue weighted by Gasteiger charge is -2.05. The number of benzene rings is 1. The number of aryl methyl sites for hydroxylation is 1. The van der Waals surface area contributed by atoms with Crippen molar-refractivity contribution in [2.45, 2.75) is 12.8 Å². The molecule has 0 atom stereocenters. The van der Waals surface area contributed by atoms with Crippen LogP contribution in [0.4, 0.5) is 0 Å². The van der Waals surface area contributed by atoms with E-state index < -0.39 is 0 Å². The number of rotatable bonds is 5. The first-order chi connectivity index (χ1) is 8.74. The van der Waals surface area contributed by atoms with E-state index >= 15 is 0 Å². The normalized spacial score (nSPS) is 10.6. The largest absolute Gasteiger partial charge is 0.496 e. The third-order valence-electron chi connectivity index (χ3n) is 2.58. The molecule has 0 bridgehead atoms. The minimum Gasteiger partial charge on any atom is -0.496 e. The molecule has 0 spiro atoms. The number of aliphatic hydroxyl groups excluding tert-OH is 1. The number of aromatic nitrogens is 1. The Kier molecular flexibility index (Phi) is 4.38. The highest BCUT2D eigenvalue weighted by Crippen LogP contribution is 2.32. The third kappa shape index (κ3) is 2.91. The maximum atomic E-state index is 8.78. The van der Waals surface area contributed by atoms with Crippen LogP contribution in [0.2, 0.25) is 0 Å². The molecule has 4 nitrogen and oxygen atoms in total. The van der Waals surface area contributed by atoms with Crippen LogP contribution >= 0.6 is 15.9 Å². The quantitative estimate of drug-likeness (QED) is 0.922. The molecular formula is C13H14BrNO3. The summed E-state index contributed by atoms with van der Waals surface area (Å²) in [6.07, 6.45) is 1.35. The lowest BCUT2D eigenvalue weighted by Crippen LogP contribution is -1.88. The summed E-state index contributed by atoms with van der Waals surface area (Å²) in [4.78, 5) is 0. The first-order valence-electron chi connectivity index (χ1n) is 5.65. The van der Waals surface area contributed by atoms with Crippen LogP contribution in [0, 0.1) is 0 Å². The molecule has 0 radical (unpaired) electrons. The molecule has 1 N–H and O–H groups in total. The van der Waals surface area contributed by atoms with Crippen molar-refractivity contribution in [2.24, 2.45) is 0 Å². The van der Waals surface area contributed by atoms with Crippen molar-refractivity contribution in [1.29, 1.82) is 0 Å². The summed E-state index contributed by atoms with van der Waals surface area (Å²) in [7, 11) is 1.62. The Balaban J connectivity index is 2.30. The van der Waals surface area contributed by atoms with Crippen molar-refractivity contribution in [2.75, 3.05) is 13.7 Å². The van der Waals surface area contributed by atoms with E-state index in [4.69, 9.17) is 14.4 Å². The van der Waals surface area contributed by atoms with Crippen LogP contribution in [0.5, 0.6) is 5.75 Å². The fourth-order valence-corrected chi connectivity index (χ4v) is 2.05. The first-order valence-corrected chi connectivity index (χ1v) is 6.44. The zero-order valence-electron chi connectivity index (χ0n) is 10.0. The van der Waals surface area contributed by atoms with Gasteiger partial charge in [0.2, 0.25) is 0 Å². The molecule has 96 valence electrons. The highest BCUT2D eigenvalue weighted by atomic mass is 79.9. The lowest BCUT2D eigenvalue weighted by atomic mass is 10.1. The van der Waals surface area contributed by atoms with Crippen LogP contribution in [0.25, 0.3) is 11.3 Å². The monoisotopic (exact) mass is 311 g/mol. The van der Waals surface area contributed by atoms with Gasteiger partial charge in [0, 0.05) is 29.1 Å². The highest BCUT2D eigenvalue weighted by molar-refractivity contribution is 9.10. The fraction of sp³-hybridized carbons (Fsp3) is 0.308. The van der Waals surface area contributed by atoms with Crippen LogP contribution in [0.1, 0.15) is 12.2 Å². The van der Waals surface area contributed by atoms with Gasteiger partial charge < -0.3 is 14.4 Å². The molecule has 0 aliphatic heterocycles. The molecule has 0 amide bonds. The molecule has 0 saturated heterocycles. The average Bonchev–Trinajstić information content (AvgIpc) is 2.85. The number of hydrogen-bond acceptors (Lipinski definition) is 4. The van der Waals surface area contributed by atoms with E-state index in [1.165, 1.54) is 0 Å². The zero-order chi connectivity index (χ0) is 13.0. The van der Waals surface area contributed by atoms with Crippen molar-refractivity contribution in [3.8, 4) is 17.0 Å². The Hall–Kier alpha value is -1.33. The Morgan fingerprint density at radius 1 is 1.39 bits per heavy atom. The standard InChI is InChI=1S/C13H14BrNO3/c1-17-13-5-4-9(14)7-11(13)12-8-10(18-15-12)3-2-6-16/h4-5,7-8,16H,2-3,6H2,1H3. The van der Waals surface area contributed by atoms with Crippen LogP contribution in [-0.2, 0) is 6.42 Å². The number of methoxy groups -OCH3 is 1. The van der Waals surface area contributed by atoms with Crippen LogP contribution in [0.3, 0.4) is 0 Å². The Morgan fingerprint density at radius 2 is 2.22 bits per heavy atom. The van der Waals surface area contributed by atoms with Crippen LogP contribution < -0.4 is 4.74 Å². The second kappa shape index (κ2) is 6.02. The summed E-state index contributed by atoms with van der Waals surface area (Å²) in [5.41, 5.74) is 1.62. The van der Waals surface area contributed by atoms with Crippen LogP contribution in [-0.4, -0.2) is 24.0 Å². The summed E-state index contributed by atoms with van der Waals surface area (Å²) in [6.45, 7) is 0.149. The van der Waals surface area contributed by atoms with Crippen LogP contribution in [0.15, 0.2) is 33.3 Å². The summed E-state index contributed by atoms with van der Waals surface area (Å²) in [6, 6.07) is 7.60. The second-order valence-corrected chi connectivity index (χ2v) is 4.77. The summed E-state index contributed by atoms with van der Waals surface area (Å²) >= 11 is 3.42. The smallest absolute Gasteiger partial charge is 0.137 e. The van der Waals surface area contributed by atoms with Gasteiger partial charge in [0.05, 0.1) is 7.11 Å². The van der Waals surface area contributed by atoms with Crippen molar-refractivity contribution in [3.05, 3.63) is 34.5 Å². The molecule has 0 aliphatic rings. The molecule has 1 aromatic heterocycles. The molecule has 0 aliphatic carbocycles. The van der Waals surface area contributed by atoms with Gasteiger partial charge in [-0.3, -0.25) is 0 Å².